The van der Waals surface area contributed by atoms with Crippen LogP contribution in [0, 0.1) is 5.92 Å². The van der Waals surface area contributed by atoms with Crippen molar-refractivity contribution < 1.29 is 14.3 Å². The minimum absolute atomic E-state index is 0.368. The van der Waals surface area contributed by atoms with Gasteiger partial charge in [-0.3, -0.25) is 10.1 Å². The molecular formula is C18H25N5O3S. The van der Waals surface area contributed by atoms with Gasteiger partial charge in [-0.1, -0.05) is 25.6 Å². The van der Waals surface area contributed by atoms with Gasteiger partial charge in [0.2, 0.25) is 5.91 Å². The fraction of sp³-hybridized carbons (Fsp3) is 0.444. The molecule has 0 aliphatic carbocycles. The first kappa shape index (κ1) is 20.8. The summed E-state index contributed by atoms with van der Waals surface area (Å²) in [6, 6.07) is 7.06. The number of imide groups is 1. The van der Waals surface area contributed by atoms with Gasteiger partial charge in [0.05, 0.1) is 12.4 Å². The molecular weight excluding hydrogens is 366 g/mol. The molecule has 0 bridgehead atoms. The predicted molar refractivity (Wildman–Crippen MR) is 105 cm³/mol. The number of nitrogens with one attached hydrogen (secondary N) is 2. The minimum Gasteiger partial charge on any atom is -0.497 e. The van der Waals surface area contributed by atoms with Gasteiger partial charge in [0, 0.05) is 19.2 Å². The SMILES string of the molecule is CNC(=O)NC(=O)[C@H](C)Sc1nnc(-c2ccc(OC)cc2)n1CC(C)C. The van der Waals surface area contributed by atoms with Crippen molar-refractivity contribution in [2.45, 2.75) is 37.7 Å². The van der Waals surface area contributed by atoms with Crippen molar-refractivity contribution in [3.63, 3.8) is 0 Å². The zero-order valence-electron chi connectivity index (χ0n) is 16.1. The van der Waals surface area contributed by atoms with Crippen LogP contribution in [0.2, 0.25) is 0 Å². The lowest BCUT2D eigenvalue weighted by atomic mass is 10.2. The fourth-order valence-electron chi connectivity index (χ4n) is 2.35. The van der Waals surface area contributed by atoms with E-state index in [9.17, 15) is 9.59 Å². The van der Waals surface area contributed by atoms with Crippen molar-refractivity contribution in [1.82, 2.24) is 25.4 Å². The van der Waals surface area contributed by atoms with Gasteiger partial charge >= 0.3 is 6.03 Å². The van der Waals surface area contributed by atoms with E-state index in [0.717, 1.165) is 17.1 Å². The van der Waals surface area contributed by atoms with Gasteiger partial charge in [-0.15, -0.1) is 10.2 Å². The number of hydrogen-bond donors (Lipinski definition) is 2. The molecule has 0 fully saturated rings. The molecule has 1 atom stereocenters. The van der Waals surface area contributed by atoms with Gasteiger partial charge in [0.1, 0.15) is 5.75 Å². The summed E-state index contributed by atoms with van der Waals surface area (Å²) in [5.41, 5.74) is 0.915. The Morgan fingerprint density at radius 1 is 1.19 bits per heavy atom. The summed E-state index contributed by atoms with van der Waals surface area (Å²) in [5.74, 6) is 1.48. The number of carbonyl (C=O) groups is 2. The molecule has 146 valence electrons. The lowest BCUT2D eigenvalue weighted by Crippen LogP contribution is -2.41. The number of amides is 3. The molecule has 0 spiro atoms. The number of benzene rings is 1. The molecule has 3 amide bonds. The standard InChI is InChI=1S/C18H25N5O3S/c1-11(2)10-23-15(13-6-8-14(26-5)9-7-13)21-22-18(23)27-12(3)16(24)20-17(25)19-4/h6-9,11-12H,10H2,1-5H3,(H2,19,20,24,25)/t12-/m0/s1. The van der Waals surface area contributed by atoms with E-state index >= 15 is 0 Å². The molecule has 0 saturated carbocycles. The van der Waals surface area contributed by atoms with Crippen molar-refractivity contribution in [2.24, 2.45) is 5.92 Å². The summed E-state index contributed by atoms with van der Waals surface area (Å²) in [7, 11) is 3.08. The Balaban J connectivity index is 2.27. The Labute approximate surface area is 163 Å². The number of hydrogen-bond acceptors (Lipinski definition) is 6. The quantitative estimate of drug-likeness (QED) is 0.704. The van der Waals surface area contributed by atoms with Crippen molar-refractivity contribution in [2.75, 3.05) is 14.2 Å². The number of aromatic nitrogens is 3. The molecule has 0 unspecified atom stereocenters. The van der Waals surface area contributed by atoms with Crippen molar-refractivity contribution in [3.05, 3.63) is 24.3 Å². The minimum atomic E-state index is -0.532. The second kappa shape index (κ2) is 9.40. The Bertz CT molecular complexity index is 789. The van der Waals surface area contributed by atoms with Crippen LogP contribution in [0.3, 0.4) is 0 Å². The van der Waals surface area contributed by atoms with Crippen LogP contribution in [0.4, 0.5) is 4.79 Å². The number of carbonyl (C=O) groups excluding carboxylic acids is 2. The van der Waals surface area contributed by atoms with E-state index in [0.29, 0.717) is 17.6 Å². The van der Waals surface area contributed by atoms with Crippen LogP contribution in [0.15, 0.2) is 29.4 Å². The van der Waals surface area contributed by atoms with Gasteiger partial charge in [-0.05, 0) is 37.1 Å². The summed E-state index contributed by atoms with van der Waals surface area (Å²) < 4.78 is 7.20. The van der Waals surface area contributed by atoms with Crippen LogP contribution in [-0.2, 0) is 11.3 Å². The van der Waals surface area contributed by atoms with E-state index in [4.69, 9.17) is 4.74 Å². The first-order valence-corrected chi connectivity index (χ1v) is 9.50. The number of rotatable bonds is 7. The average molecular weight is 391 g/mol. The van der Waals surface area contributed by atoms with Crippen molar-refractivity contribution in [3.8, 4) is 17.1 Å². The molecule has 2 N–H and O–H groups in total. The van der Waals surface area contributed by atoms with Gasteiger partial charge < -0.3 is 14.6 Å². The van der Waals surface area contributed by atoms with Gasteiger partial charge in [0.15, 0.2) is 11.0 Å². The highest BCUT2D eigenvalue weighted by atomic mass is 32.2. The average Bonchev–Trinajstić information content (AvgIpc) is 3.03. The highest BCUT2D eigenvalue weighted by molar-refractivity contribution is 8.00. The number of nitrogens with zero attached hydrogens (tertiary/aromatic N) is 3. The van der Waals surface area contributed by atoms with Crippen LogP contribution in [0.5, 0.6) is 5.75 Å². The Kier molecular flexibility index (Phi) is 7.23. The smallest absolute Gasteiger partial charge is 0.321 e. The summed E-state index contributed by atoms with van der Waals surface area (Å²) in [6.45, 7) is 6.65. The highest BCUT2D eigenvalue weighted by Crippen LogP contribution is 2.28. The van der Waals surface area contributed by atoms with Crippen LogP contribution in [0.1, 0.15) is 20.8 Å². The van der Waals surface area contributed by atoms with E-state index in [2.05, 4.69) is 34.7 Å². The maximum atomic E-state index is 12.1. The largest absolute Gasteiger partial charge is 0.497 e. The number of ether oxygens (including phenoxy) is 1. The molecule has 0 radical (unpaired) electrons. The summed E-state index contributed by atoms with van der Waals surface area (Å²) in [6.07, 6.45) is 0. The number of thioether (sulfide) groups is 1. The maximum absolute atomic E-state index is 12.1. The predicted octanol–water partition coefficient (Wildman–Crippen LogP) is 2.55. The highest BCUT2D eigenvalue weighted by Gasteiger charge is 2.22. The topological polar surface area (TPSA) is 98.1 Å². The fourth-order valence-corrected chi connectivity index (χ4v) is 3.21. The molecule has 0 aliphatic heterocycles. The Morgan fingerprint density at radius 2 is 1.85 bits per heavy atom. The first-order chi connectivity index (χ1) is 12.8. The van der Waals surface area contributed by atoms with Crippen molar-refractivity contribution >= 4 is 23.7 Å². The van der Waals surface area contributed by atoms with Gasteiger partial charge in [-0.25, -0.2) is 4.79 Å². The Morgan fingerprint density at radius 3 is 2.41 bits per heavy atom. The second-order valence-corrected chi connectivity index (χ2v) is 7.68. The molecule has 2 rings (SSSR count). The molecule has 0 aliphatic rings. The third-order valence-electron chi connectivity index (χ3n) is 3.73. The molecule has 9 heteroatoms. The van der Waals surface area contributed by atoms with E-state index in [1.165, 1.54) is 18.8 Å². The normalized spacial score (nSPS) is 11.9. The number of methoxy groups -OCH3 is 1. The summed E-state index contributed by atoms with van der Waals surface area (Å²) >= 11 is 1.27. The third-order valence-corrected chi connectivity index (χ3v) is 4.81. The molecule has 27 heavy (non-hydrogen) atoms. The van der Waals surface area contributed by atoms with E-state index in [1.807, 2.05) is 28.8 Å². The molecule has 1 heterocycles. The van der Waals surface area contributed by atoms with E-state index in [1.54, 1.807) is 14.0 Å². The summed E-state index contributed by atoms with van der Waals surface area (Å²) in [4.78, 5) is 23.5. The van der Waals surface area contributed by atoms with Crippen LogP contribution < -0.4 is 15.4 Å². The zero-order valence-corrected chi connectivity index (χ0v) is 17.0. The van der Waals surface area contributed by atoms with Crippen LogP contribution in [-0.4, -0.2) is 46.1 Å². The number of urea groups is 1. The van der Waals surface area contributed by atoms with Gasteiger partial charge in [-0.2, -0.15) is 0 Å². The molecule has 1 aromatic heterocycles. The maximum Gasteiger partial charge on any atom is 0.321 e. The van der Waals surface area contributed by atoms with Crippen molar-refractivity contribution in [1.29, 1.82) is 0 Å². The molecule has 1 aromatic carbocycles. The van der Waals surface area contributed by atoms with E-state index in [-0.39, 0.29) is 5.91 Å². The van der Waals surface area contributed by atoms with Crippen LogP contribution in [0.25, 0.3) is 11.4 Å². The van der Waals surface area contributed by atoms with Gasteiger partial charge in [0.25, 0.3) is 0 Å². The lowest BCUT2D eigenvalue weighted by Gasteiger charge is -2.15. The lowest BCUT2D eigenvalue weighted by molar-refractivity contribution is -0.119. The monoisotopic (exact) mass is 391 g/mol. The zero-order chi connectivity index (χ0) is 20.0. The first-order valence-electron chi connectivity index (χ1n) is 8.62. The molecule has 2 aromatic rings. The second-order valence-electron chi connectivity index (χ2n) is 6.37. The third kappa shape index (κ3) is 5.46. The molecule has 0 saturated heterocycles. The Hall–Kier alpha value is -2.55. The van der Waals surface area contributed by atoms with Crippen LogP contribution >= 0.6 is 11.8 Å². The summed E-state index contributed by atoms with van der Waals surface area (Å²) in [5, 5.41) is 13.4. The van der Waals surface area contributed by atoms with E-state index < -0.39 is 11.3 Å². The molecule has 8 nitrogen and oxygen atoms in total.